The van der Waals surface area contributed by atoms with Crippen molar-refractivity contribution in [1.82, 2.24) is 9.55 Å². The van der Waals surface area contributed by atoms with E-state index >= 15 is 0 Å². The fourth-order valence-corrected chi connectivity index (χ4v) is 3.97. The van der Waals surface area contributed by atoms with Gasteiger partial charge in [-0.25, -0.2) is 4.98 Å². The van der Waals surface area contributed by atoms with Gasteiger partial charge in [0.1, 0.15) is 5.75 Å². The lowest BCUT2D eigenvalue weighted by Gasteiger charge is -2.24. The maximum Gasteiger partial charge on any atom is 0.204 e. The Morgan fingerprint density at radius 1 is 1.07 bits per heavy atom. The highest BCUT2D eigenvalue weighted by Gasteiger charge is 2.16. The Kier molecular flexibility index (Phi) is 5.58. The molecule has 2 aromatic carbocycles. The topological polar surface area (TPSA) is 43.5 Å². The van der Waals surface area contributed by atoms with Gasteiger partial charge in [0.2, 0.25) is 5.95 Å². The highest BCUT2D eigenvalue weighted by atomic mass is 16.5. The van der Waals surface area contributed by atoms with Crippen molar-refractivity contribution in [2.24, 2.45) is 0 Å². The SMILES string of the molecule is COc1cccc(CNc2nc3ccccc3n2CC[NH+]2CCCCC2)c1. The largest absolute Gasteiger partial charge is 0.497 e. The summed E-state index contributed by atoms with van der Waals surface area (Å²) < 4.78 is 7.68. The van der Waals surface area contributed by atoms with Gasteiger partial charge in [-0.3, -0.25) is 0 Å². The molecule has 27 heavy (non-hydrogen) atoms. The minimum Gasteiger partial charge on any atom is -0.497 e. The molecular weight excluding hydrogens is 336 g/mol. The van der Waals surface area contributed by atoms with E-state index in [2.05, 4.69) is 46.3 Å². The summed E-state index contributed by atoms with van der Waals surface area (Å²) in [6, 6.07) is 16.6. The van der Waals surface area contributed by atoms with E-state index in [1.165, 1.54) is 43.4 Å². The van der Waals surface area contributed by atoms with Crippen LogP contribution in [0.25, 0.3) is 11.0 Å². The van der Waals surface area contributed by atoms with Gasteiger partial charge < -0.3 is 19.5 Å². The van der Waals surface area contributed by atoms with Crippen molar-refractivity contribution in [3.8, 4) is 5.75 Å². The van der Waals surface area contributed by atoms with E-state index in [0.29, 0.717) is 0 Å². The van der Waals surface area contributed by atoms with Gasteiger partial charge in [-0.15, -0.1) is 0 Å². The normalized spacial score (nSPS) is 15.1. The third-order valence-electron chi connectivity index (χ3n) is 5.49. The number of anilines is 1. The highest BCUT2D eigenvalue weighted by Crippen LogP contribution is 2.20. The average Bonchev–Trinajstić information content (AvgIpc) is 3.09. The summed E-state index contributed by atoms with van der Waals surface area (Å²) in [5.74, 6) is 1.84. The van der Waals surface area contributed by atoms with Crippen molar-refractivity contribution in [2.75, 3.05) is 32.1 Å². The van der Waals surface area contributed by atoms with Crippen LogP contribution in [-0.4, -0.2) is 36.3 Å². The zero-order chi connectivity index (χ0) is 18.5. The third-order valence-corrected chi connectivity index (χ3v) is 5.49. The summed E-state index contributed by atoms with van der Waals surface area (Å²) in [6.45, 7) is 5.50. The second kappa shape index (κ2) is 8.44. The van der Waals surface area contributed by atoms with Gasteiger partial charge >= 0.3 is 0 Å². The molecule has 0 bridgehead atoms. The summed E-state index contributed by atoms with van der Waals surface area (Å²) in [6.07, 6.45) is 4.12. The number of benzene rings is 2. The zero-order valence-corrected chi connectivity index (χ0v) is 16.1. The first-order chi connectivity index (χ1) is 13.3. The van der Waals surface area contributed by atoms with E-state index in [1.807, 2.05) is 12.1 Å². The molecule has 1 saturated heterocycles. The molecule has 4 rings (SSSR count). The number of nitrogens with zero attached hydrogens (tertiary/aromatic N) is 2. The van der Waals surface area contributed by atoms with Crippen molar-refractivity contribution in [3.05, 3.63) is 54.1 Å². The van der Waals surface area contributed by atoms with Crippen LogP contribution in [-0.2, 0) is 13.1 Å². The van der Waals surface area contributed by atoms with Crippen LogP contribution < -0.4 is 15.0 Å². The fourth-order valence-electron chi connectivity index (χ4n) is 3.97. The Morgan fingerprint density at radius 2 is 1.93 bits per heavy atom. The second-order valence-corrected chi connectivity index (χ2v) is 7.34. The van der Waals surface area contributed by atoms with Gasteiger partial charge in [-0.2, -0.15) is 0 Å². The number of aromatic nitrogens is 2. The number of nitrogens with one attached hydrogen (secondary N) is 2. The van der Waals surface area contributed by atoms with Gasteiger partial charge in [0.25, 0.3) is 0 Å². The quantitative estimate of drug-likeness (QED) is 0.677. The van der Waals surface area contributed by atoms with Crippen LogP contribution in [0.2, 0.25) is 0 Å². The molecule has 0 unspecified atom stereocenters. The number of quaternary nitrogens is 1. The van der Waals surface area contributed by atoms with E-state index in [9.17, 15) is 0 Å². The first-order valence-corrected chi connectivity index (χ1v) is 9.99. The molecule has 1 aromatic heterocycles. The Balaban J connectivity index is 1.51. The minimum atomic E-state index is 0.733. The van der Waals surface area contributed by atoms with Crippen LogP contribution in [0.15, 0.2) is 48.5 Å². The molecule has 2 heterocycles. The Morgan fingerprint density at radius 3 is 2.78 bits per heavy atom. The number of piperidine rings is 1. The van der Waals surface area contributed by atoms with Crippen molar-refractivity contribution < 1.29 is 9.64 Å². The van der Waals surface area contributed by atoms with Crippen LogP contribution in [0.1, 0.15) is 24.8 Å². The molecule has 1 aliphatic rings. The summed E-state index contributed by atoms with van der Waals surface area (Å²) in [5, 5.41) is 3.55. The molecule has 2 N–H and O–H groups in total. The predicted molar refractivity (Wildman–Crippen MR) is 109 cm³/mol. The Hall–Kier alpha value is -2.53. The van der Waals surface area contributed by atoms with Gasteiger partial charge in [0.15, 0.2) is 0 Å². The van der Waals surface area contributed by atoms with E-state index in [1.54, 1.807) is 12.0 Å². The molecule has 142 valence electrons. The molecule has 0 saturated carbocycles. The molecule has 5 nitrogen and oxygen atoms in total. The lowest BCUT2D eigenvalue weighted by molar-refractivity contribution is -0.905. The molecular formula is C22H29N4O+. The van der Waals surface area contributed by atoms with Crippen LogP contribution in [0.4, 0.5) is 5.95 Å². The lowest BCUT2D eigenvalue weighted by atomic mass is 10.1. The molecule has 0 atom stereocenters. The van der Waals surface area contributed by atoms with E-state index in [-0.39, 0.29) is 0 Å². The van der Waals surface area contributed by atoms with E-state index in [4.69, 9.17) is 9.72 Å². The number of fused-ring (bicyclic) bond motifs is 1. The number of methoxy groups -OCH3 is 1. The Bertz CT molecular complexity index is 883. The summed E-state index contributed by atoms with van der Waals surface area (Å²) in [5.41, 5.74) is 3.45. The smallest absolute Gasteiger partial charge is 0.204 e. The number of hydrogen-bond donors (Lipinski definition) is 2. The number of likely N-dealkylation sites (tertiary alicyclic amines) is 1. The van der Waals surface area contributed by atoms with Gasteiger partial charge in [-0.1, -0.05) is 24.3 Å². The zero-order valence-electron chi connectivity index (χ0n) is 16.1. The molecule has 0 amide bonds. The van der Waals surface area contributed by atoms with Gasteiger partial charge in [0, 0.05) is 6.54 Å². The van der Waals surface area contributed by atoms with Crippen LogP contribution in [0.5, 0.6) is 5.75 Å². The molecule has 3 aromatic rings. The molecule has 5 heteroatoms. The van der Waals surface area contributed by atoms with Gasteiger partial charge in [-0.05, 0) is 49.1 Å². The maximum atomic E-state index is 5.33. The van der Waals surface area contributed by atoms with Crippen molar-refractivity contribution >= 4 is 17.0 Å². The minimum absolute atomic E-state index is 0.733. The molecule has 1 fully saturated rings. The summed E-state index contributed by atoms with van der Waals surface area (Å²) in [4.78, 5) is 6.57. The number of para-hydroxylation sites is 2. The number of ether oxygens (including phenoxy) is 1. The van der Waals surface area contributed by atoms with Crippen LogP contribution >= 0.6 is 0 Å². The predicted octanol–water partition coefficient (Wildman–Crippen LogP) is 2.73. The van der Waals surface area contributed by atoms with Crippen molar-refractivity contribution in [1.29, 1.82) is 0 Å². The van der Waals surface area contributed by atoms with Gasteiger partial charge in [0.05, 0.1) is 44.3 Å². The third kappa shape index (κ3) is 4.25. The van der Waals surface area contributed by atoms with E-state index < -0.39 is 0 Å². The van der Waals surface area contributed by atoms with Crippen LogP contribution in [0.3, 0.4) is 0 Å². The molecule has 0 radical (unpaired) electrons. The fraction of sp³-hybridized carbons (Fsp3) is 0.409. The standard InChI is InChI=1S/C22H28N4O/c1-27-19-9-7-8-18(16-19)17-23-22-24-20-10-3-4-11-21(20)26(22)15-14-25-12-5-2-6-13-25/h3-4,7-11,16H,2,5-6,12-15,17H2,1H3,(H,23,24)/p+1. The maximum absolute atomic E-state index is 5.33. The summed E-state index contributed by atoms with van der Waals surface area (Å²) in [7, 11) is 1.70. The first kappa shape index (κ1) is 17.9. The Labute approximate surface area is 161 Å². The second-order valence-electron chi connectivity index (χ2n) is 7.34. The van der Waals surface area contributed by atoms with Crippen LogP contribution in [0, 0.1) is 0 Å². The molecule has 1 aliphatic heterocycles. The average molecular weight is 366 g/mol. The van der Waals surface area contributed by atoms with Crippen molar-refractivity contribution in [2.45, 2.75) is 32.4 Å². The highest BCUT2D eigenvalue weighted by molar-refractivity contribution is 5.78. The van der Waals surface area contributed by atoms with Crippen molar-refractivity contribution in [3.63, 3.8) is 0 Å². The number of rotatable bonds is 7. The number of hydrogen-bond acceptors (Lipinski definition) is 3. The number of imidazole rings is 1. The first-order valence-electron chi connectivity index (χ1n) is 9.99. The van der Waals surface area contributed by atoms with E-state index in [0.717, 1.165) is 36.8 Å². The monoisotopic (exact) mass is 365 g/mol. The molecule has 0 aliphatic carbocycles. The molecule has 0 spiro atoms. The summed E-state index contributed by atoms with van der Waals surface area (Å²) >= 11 is 0. The lowest BCUT2D eigenvalue weighted by Crippen LogP contribution is -3.13.